The summed E-state index contributed by atoms with van der Waals surface area (Å²) in [7, 11) is -3.47. The Labute approximate surface area is 145 Å². The Morgan fingerprint density at radius 2 is 1.88 bits per heavy atom. The van der Waals surface area contributed by atoms with Crippen molar-refractivity contribution in [2.24, 2.45) is 0 Å². The first-order chi connectivity index (χ1) is 12.1. The average Bonchev–Trinajstić information content (AvgIpc) is 3.05. The van der Waals surface area contributed by atoms with Gasteiger partial charge in [0.2, 0.25) is 10.0 Å². The number of hydrogen-bond donors (Lipinski definition) is 1. The zero-order valence-corrected chi connectivity index (χ0v) is 14.3. The second kappa shape index (κ2) is 6.13. The van der Waals surface area contributed by atoms with Crippen LogP contribution >= 0.6 is 0 Å². The van der Waals surface area contributed by atoms with Crippen molar-refractivity contribution in [1.29, 1.82) is 0 Å². The summed E-state index contributed by atoms with van der Waals surface area (Å²) in [6.45, 7) is 0.761. The van der Waals surface area contributed by atoms with Gasteiger partial charge in [-0.25, -0.2) is 12.8 Å². The molecule has 1 aliphatic rings. The van der Waals surface area contributed by atoms with E-state index in [1.807, 2.05) is 12.3 Å². The number of H-pyrrole nitrogens is 1. The van der Waals surface area contributed by atoms with Crippen LogP contribution in [0.15, 0.2) is 65.7 Å². The summed E-state index contributed by atoms with van der Waals surface area (Å²) < 4.78 is 40.2. The number of nitrogens with zero attached hydrogens (tertiary/aromatic N) is 1. The number of fused-ring (bicyclic) bond motifs is 1. The summed E-state index contributed by atoms with van der Waals surface area (Å²) in [5.41, 5.74) is 2.83. The Bertz CT molecular complexity index is 1060. The Hall–Kier alpha value is -2.44. The topological polar surface area (TPSA) is 53.2 Å². The van der Waals surface area contributed by atoms with Crippen LogP contribution in [0.5, 0.6) is 0 Å². The lowest BCUT2D eigenvalue weighted by Gasteiger charge is -2.25. The molecule has 2 aromatic carbocycles. The predicted octanol–water partition coefficient (Wildman–Crippen LogP) is 3.79. The number of benzene rings is 2. The van der Waals surface area contributed by atoms with Crippen molar-refractivity contribution in [3.63, 3.8) is 0 Å². The normalized spacial score (nSPS) is 16.1. The maximum atomic E-state index is 13.3. The average molecular weight is 356 g/mol. The van der Waals surface area contributed by atoms with Crippen LogP contribution in [0.1, 0.15) is 12.0 Å². The van der Waals surface area contributed by atoms with Crippen LogP contribution in [0, 0.1) is 5.82 Å². The lowest BCUT2D eigenvalue weighted by atomic mass is 10.00. The van der Waals surface area contributed by atoms with Crippen molar-refractivity contribution in [3.05, 3.63) is 72.2 Å². The fourth-order valence-corrected chi connectivity index (χ4v) is 4.62. The van der Waals surface area contributed by atoms with Gasteiger partial charge in [0.25, 0.3) is 0 Å². The third kappa shape index (κ3) is 2.88. The summed E-state index contributed by atoms with van der Waals surface area (Å²) in [6.07, 6.45) is 4.42. The molecule has 6 heteroatoms. The number of hydrogen-bond acceptors (Lipinski definition) is 2. The van der Waals surface area contributed by atoms with Gasteiger partial charge < -0.3 is 4.98 Å². The predicted molar refractivity (Wildman–Crippen MR) is 96.1 cm³/mol. The smallest absolute Gasteiger partial charge is 0.243 e. The Morgan fingerprint density at radius 1 is 1.08 bits per heavy atom. The molecular formula is C19H17FN2O2S. The van der Waals surface area contributed by atoms with Crippen LogP contribution < -0.4 is 0 Å². The summed E-state index contributed by atoms with van der Waals surface area (Å²) in [6, 6.07) is 13.1. The fourth-order valence-electron chi connectivity index (χ4n) is 3.22. The first-order valence-electron chi connectivity index (χ1n) is 8.07. The lowest BCUT2D eigenvalue weighted by molar-refractivity contribution is 0.441. The van der Waals surface area contributed by atoms with E-state index >= 15 is 0 Å². The standard InChI is InChI=1S/C19H17FN2O2S/c20-15-6-7-17-18(13-21-19(17)12-15)14-8-10-22(11-9-14)25(23,24)16-4-2-1-3-5-16/h1-8,12-13,21H,9-11H2. The van der Waals surface area contributed by atoms with Crippen molar-refractivity contribution >= 4 is 26.5 Å². The highest BCUT2D eigenvalue weighted by Gasteiger charge is 2.26. The molecule has 0 unspecified atom stereocenters. The van der Waals surface area contributed by atoms with E-state index in [9.17, 15) is 12.8 Å². The summed E-state index contributed by atoms with van der Waals surface area (Å²) in [4.78, 5) is 3.40. The molecule has 4 rings (SSSR count). The van der Waals surface area contributed by atoms with Crippen molar-refractivity contribution < 1.29 is 12.8 Å². The van der Waals surface area contributed by atoms with E-state index in [-0.39, 0.29) is 5.82 Å². The number of aromatic nitrogens is 1. The van der Waals surface area contributed by atoms with Crippen molar-refractivity contribution in [2.75, 3.05) is 13.1 Å². The molecule has 0 atom stereocenters. The van der Waals surface area contributed by atoms with Gasteiger partial charge in [0, 0.05) is 35.8 Å². The van der Waals surface area contributed by atoms with Crippen molar-refractivity contribution in [3.8, 4) is 0 Å². The molecule has 0 amide bonds. The lowest BCUT2D eigenvalue weighted by Crippen LogP contribution is -2.34. The first-order valence-corrected chi connectivity index (χ1v) is 9.51. The molecule has 1 aromatic heterocycles. The van der Waals surface area contributed by atoms with E-state index in [2.05, 4.69) is 4.98 Å². The van der Waals surface area contributed by atoms with Gasteiger partial charge in [-0.1, -0.05) is 24.3 Å². The second-order valence-corrected chi connectivity index (χ2v) is 7.99. The zero-order valence-electron chi connectivity index (χ0n) is 13.4. The van der Waals surface area contributed by atoms with Crippen LogP contribution in [0.25, 0.3) is 16.5 Å². The monoisotopic (exact) mass is 356 g/mol. The first kappa shape index (κ1) is 16.1. The summed E-state index contributed by atoms with van der Waals surface area (Å²) >= 11 is 0. The van der Waals surface area contributed by atoms with Gasteiger partial charge in [0.1, 0.15) is 5.82 Å². The van der Waals surface area contributed by atoms with Crippen LogP contribution in [0.2, 0.25) is 0 Å². The van der Waals surface area contributed by atoms with Gasteiger partial charge in [-0.2, -0.15) is 4.31 Å². The van der Waals surface area contributed by atoms with E-state index in [4.69, 9.17) is 0 Å². The van der Waals surface area contributed by atoms with E-state index < -0.39 is 10.0 Å². The van der Waals surface area contributed by atoms with Crippen molar-refractivity contribution in [2.45, 2.75) is 11.3 Å². The third-order valence-electron chi connectivity index (χ3n) is 4.54. The minimum absolute atomic E-state index is 0.279. The van der Waals surface area contributed by atoms with E-state index in [0.717, 1.165) is 22.0 Å². The molecule has 0 spiro atoms. The number of nitrogens with one attached hydrogen (secondary N) is 1. The van der Waals surface area contributed by atoms with Gasteiger partial charge in [0.15, 0.2) is 0 Å². The minimum atomic E-state index is -3.47. The molecule has 1 aliphatic heterocycles. The molecule has 0 radical (unpaired) electrons. The highest BCUT2D eigenvalue weighted by Crippen LogP contribution is 2.31. The van der Waals surface area contributed by atoms with Crippen molar-refractivity contribution in [1.82, 2.24) is 9.29 Å². The largest absolute Gasteiger partial charge is 0.360 e. The molecule has 2 heterocycles. The van der Waals surface area contributed by atoms with Crippen LogP contribution in [0.4, 0.5) is 4.39 Å². The Balaban J connectivity index is 1.62. The molecule has 4 nitrogen and oxygen atoms in total. The van der Waals surface area contributed by atoms with Crippen LogP contribution in [0.3, 0.4) is 0 Å². The van der Waals surface area contributed by atoms with Gasteiger partial charge in [0.05, 0.1) is 4.90 Å². The molecule has 0 saturated carbocycles. The molecule has 1 N–H and O–H groups in total. The van der Waals surface area contributed by atoms with E-state index in [0.29, 0.717) is 24.4 Å². The molecule has 0 saturated heterocycles. The summed E-state index contributed by atoms with van der Waals surface area (Å²) in [5.74, 6) is -0.279. The maximum absolute atomic E-state index is 13.3. The van der Waals surface area contributed by atoms with Gasteiger partial charge >= 0.3 is 0 Å². The molecule has 3 aromatic rings. The van der Waals surface area contributed by atoms with E-state index in [1.165, 1.54) is 16.4 Å². The van der Waals surface area contributed by atoms with Crippen LogP contribution in [-0.2, 0) is 10.0 Å². The van der Waals surface area contributed by atoms with Gasteiger partial charge in [-0.05, 0) is 42.3 Å². The number of aromatic amines is 1. The maximum Gasteiger partial charge on any atom is 0.243 e. The number of sulfonamides is 1. The molecular weight excluding hydrogens is 339 g/mol. The SMILES string of the molecule is O=S(=O)(c1ccccc1)N1CC=C(c2c[nH]c3cc(F)ccc23)CC1. The summed E-state index contributed by atoms with van der Waals surface area (Å²) in [5, 5.41) is 0.951. The Kier molecular flexibility index (Phi) is 3.94. The highest BCUT2D eigenvalue weighted by atomic mass is 32.2. The number of rotatable bonds is 3. The molecule has 0 fully saturated rings. The second-order valence-electron chi connectivity index (χ2n) is 6.05. The third-order valence-corrected chi connectivity index (χ3v) is 6.42. The fraction of sp³-hybridized carbons (Fsp3) is 0.158. The molecule has 0 bridgehead atoms. The van der Waals surface area contributed by atoms with Crippen LogP contribution in [-0.4, -0.2) is 30.8 Å². The molecule has 0 aliphatic carbocycles. The minimum Gasteiger partial charge on any atom is -0.360 e. The molecule has 25 heavy (non-hydrogen) atoms. The highest BCUT2D eigenvalue weighted by molar-refractivity contribution is 7.89. The number of halogens is 1. The molecule has 128 valence electrons. The van der Waals surface area contributed by atoms with Gasteiger partial charge in [-0.3, -0.25) is 0 Å². The Morgan fingerprint density at radius 3 is 2.60 bits per heavy atom. The van der Waals surface area contributed by atoms with E-state index in [1.54, 1.807) is 36.4 Å². The zero-order chi connectivity index (χ0) is 17.4. The van der Waals surface area contributed by atoms with Gasteiger partial charge in [-0.15, -0.1) is 0 Å². The quantitative estimate of drug-likeness (QED) is 0.776.